The molecule has 2 aromatic heterocycles. The van der Waals surface area contributed by atoms with Crippen LogP contribution in [-0.4, -0.2) is 28.0 Å². The molecule has 18 heavy (non-hydrogen) atoms. The van der Waals surface area contributed by atoms with Crippen LogP contribution in [0, 0.1) is 6.92 Å². The van der Waals surface area contributed by atoms with Crippen LogP contribution in [0.4, 0.5) is 5.82 Å². The molecule has 0 aliphatic rings. The number of ether oxygens (including phenoxy) is 1. The molecule has 2 heterocycles. The SMILES string of the molecule is COCc1nn(C)cc1C(=O)Nc1cc(C)on1. The van der Waals surface area contributed by atoms with Crippen molar-refractivity contribution in [3.8, 4) is 0 Å². The molecule has 1 N–H and O–H groups in total. The molecule has 1 amide bonds. The van der Waals surface area contributed by atoms with Gasteiger partial charge in [-0.25, -0.2) is 0 Å². The van der Waals surface area contributed by atoms with E-state index in [2.05, 4.69) is 15.6 Å². The van der Waals surface area contributed by atoms with Gasteiger partial charge < -0.3 is 14.6 Å². The van der Waals surface area contributed by atoms with Gasteiger partial charge in [0.25, 0.3) is 5.91 Å². The number of methoxy groups -OCH3 is 1. The lowest BCUT2D eigenvalue weighted by Gasteiger charge is -2.00. The molecule has 0 fully saturated rings. The minimum atomic E-state index is -0.288. The molecule has 0 aliphatic heterocycles. The van der Waals surface area contributed by atoms with E-state index in [-0.39, 0.29) is 12.5 Å². The lowest BCUT2D eigenvalue weighted by molar-refractivity contribution is 0.102. The van der Waals surface area contributed by atoms with Gasteiger partial charge in [-0.05, 0) is 6.92 Å². The quantitative estimate of drug-likeness (QED) is 0.879. The van der Waals surface area contributed by atoms with Gasteiger partial charge in [0.1, 0.15) is 11.5 Å². The highest BCUT2D eigenvalue weighted by Gasteiger charge is 2.16. The van der Waals surface area contributed by atoms with E-state index in [0.717, 1.165) is 0 Å². The summed E-state index contributed by atoms with van der Waals surface area (Å²) >= 11 is 0. The first-order valence-electron chi connectivity index (χ1n) is 5.36. The van der Waals surface area contributed by atoms with Crippen molar-refractivity contribution in [2.45, 2.75) is 13.5 Å². The van der Waals surface area contributed by atoms with Crippen LogP contribution in [0.5, 0.6) is 0 Å². The molecular weight excluding hydrogens is 236 g/mol. The van der Waals surface area contributed by atoms with Crippen LogP contribution in [0.2, 0.25) is 0 Å². The summed E-state index contributed by atoms with van der Waals surface area (Å²) in [4.78, 5) is 12.0. The number of amides is 1. The zero-order valence-corrected chi connectivity index (χ0v) is 10.4. The molecule has 2 aromatic rings. The summed E-state index contributed by atoms with van der Waals surface area (Å²) in [5, 5.41) is 10.5. The van der Waals surface area contributed by atoms with Crippen molar-refractivity contribution in [1.82, 2.24) is 14.9 Å². The summed E-state index contributed by atoms with van der Waals surface area (Å²) in [5.41, 5.74) is 1.04. The fourth-order valence-corrected chi connectivity index (χ4v) is 1.58. The van der Waals surface area contributed by atoms with Crippen LogP contribution in [0.15, 0.2) is 16.8 Å². The Morgan fingerprint density at radius 3 is 3.00 bits per heavy atom. The molecule has 2 rings (SSSR count). The van der Waals surface area contributed by atoms with Gasteiger partial charge in [0, 0.05) is 26.4 Å². The number of hydrogen-bond donors (Lipinski definition) is 1. The van der Waals surface area contributed by atoms with E-state index in [9.17, 15) is 4.79 Å². The predicted molar refractivity (Wildman–Crippen MR) is 63.1 cm³/mol. The van der Waals surface area contributed by atoms with Crippen LogP contribution in [0.25, 0.3) is 0 Å². The second kappa shape index (κ2) is 5.01. The minimum Gasteiger partial charge on any atom is -0.378 e. The molecule has 96 valence electrons. The average molecular weight is 250 g/mol. The number of nitrogens with zero attached hydrogens (tertiary/aromatic N) is 3. The average Bonchev–Trinajstić information content (AvgIpc) is 2.86. The Kier molecular flexibility index (Phi) is 3.42. The van der Waals surface area contributed by atoms with Crippen molar-refractivity contribution in [2.75, 3.05) is 12.4 Å². The van der Waals surface area contributed by atoms with Crippen LogP contribution in [0.1, 0.15) is 21.8 Å². The van der Waals surface area contributed by atoms with Crippen LogP contribution in [-0.2, 0) is 18.4 Å². The van der Waals surface area contributed by atoms with E-state index in [1.165, 1.54) is 0 Å². The Balaban J connectivity index is 2.17. The molecule has 7 heteroatoms. The maximum atomic E-state index is 12.0. The van der Waals surface area contributed by atoms with Gasteiger partial charge in [-0.1, -0.05) is 5.16 Å². The summed E-state index contributed by atoms with van der Waals surface area (Å²) in [6.45, 7) is 2.03. The topological polar surface area (TPSA) is 82.2 Å². The Morgan fingerprint density at radius 1 is 1.61 bits per heavy atom. The summed E-state index contributed by atoms with van der Waals surface area (Å²) in [5.74, 6) is 0.724. The molecule has 0 spiro atoms. The highest BCUT2D eigenvalue weighted by molar-refractivity contribution is 6.04. The minimum absolute atomic E-state index is 0.279. The Hall–Kier alpha value is -2.15. The summed E-state index contributed by atoms with van der Waals surface area (Å²) in [7, 11) is 3.30. The van der Waals surface area contributed by atoms with Crippen molar-refractivity contribution in [1.29, 1.82) is 0 Å². The molecule has 0 aromatic carbocycles. The Bertz CT molecular complexity index is 558. The first-order valence-corrected chi connectivity index (χ1v) is 5.36. The second-order valence-corrected chi connectivity index (χ2v) is 3.87. The highest BCUT2D eigenvalue weighted by atomic mass is 16.5. The number of rotatable bonds is 4. The van der Waals surface area contributed by atoms with Gasteiger partial charge in [0.05, 0.1) is 12.2 Å². The zero-order valence-electron chi connectivity index (χ0n) is 10.4. The third kappa shape index (κ3) is 2.57. The standard InChI is InChI=1S/C11H14N4O3/c1-7-4-10(14-18-7)12-11(16)8-5-15(2)13-9(8)6-17-3/h4-5H,6H2,1-3H3,(H,12,14,16). The first-order chi connectivity index (χ1) is 8.60. The number of nitrogens with one attached hydrogen (secondary N) is 1. The van der Waals surface area contributed by atoms with Gasteiger partial charge in [0.2, 0.25) is 0 Å². The second-order valence-electron chi connectivity index (χ2n) is 3.87. The van der Waals surface area contributed by atoms with Gasteiger partial charge in [-0.3, -0.25) is 9.48 Å². The summed E-state index contributed by atoms with van der Waals surface area (Å²) in [6.07, 6.45) is 1.64. The van der Waals surface area contributed by atoms with Crippen molar-refractivity contribution < 1.29 is 14.1 Å². The van der Waals surface area contributed by atoms with Crippen molar-refractivity contribution >= 4 is 11.7 Å². The number of aryl methyl sites for hydroxylation is 2. The lowest BCUT2D eigenvalue weighted by atomic mass is 10.2. The number of hydrogen-bond acceptors (Lipinski definition) is 5. The van der Waals surface area contributed by atoms with Crippen LogP contribution >= 0.6 is 0 Å². The third-order valence-electron chi connectivity index (χ3n) is 2.30. The van der Waals surface area contributed by atoms with Gasteiger partial charge in [-0.2, -0.15) is 5.10 Å². The summed E-state index contributed by atoms with van der Waals surface area (Å²) < 4.78 is 11.4. The number of carbonyl (C=O) groups is 1. The predicted octanol–water partition coefficient (Wildman–Crippen LogP) is 1.12. The number of aromatic nitrogens is 3. The van der Waals surface area contributed by atoms with E-state index >= 15 is 0 Å². The van der Waals surface area contributed by atoms with Gasteiger partial charge >= 0.3 is 0 Å². The maximum Gasteiger partial charge on any atom is 0.260 e. The number of anilines is 1. The molecule has 0 saturated carbocycles. The Labute approximate surface area is 104 Å². The molecule has 0 aliphatic carbocycles. The molecule has 7 nitrogen and oxygen atoms in total. The van der Waals surface area contributed by atoms with Crippen LogP contribution in [0.3, 0.4) is 0 Å². The molecule has 0 unspecified atom stereocenters. The fourth-order valence-electron chi connectivity index (χ4n) is 1.58. The molecule has 0 radical (unpaired) electrons. The van der Waals surface area contributed by atoms with Crippen molar-refractivity contribution in [3.63, 3.8) is 0 Å². The van der Waals surface area contributed by atoms with Crippen molar-refractivity contribution in [2.24, 2.45) is 7.05 Å². The van der Waals surface area contributed by atoms with Gasteiger partial charge in [0.15, 0.2) is 5.82 Å². The monoisotopic (exact) mass is 250 g/mol. The molecular formula is C11H14N4O3. The van der Waals surface area contributed by atoms with E-state index in [4.69, 9.17) is 9.26 Å². The first kappa shape index (κ1) is 12.3. The largest absolute Gasteiger partial charge is 0.378 e. The van der Waals surface area contributed by atoms with E-state index in [1.54, 1.807) is 38.0 Å². The van der Waals surface area contributed by atoms with Crippen LogP contribution < -0.4 is 5.32 Å². The normalized spacial score (nSPS) is 10.6. The van der Waals surface area contributed by atoms with Crippen molar-refractivity contribution in [3.05, 3.63) is 29.3 Å². The smallest absolute Gasteiger partial charge is 0.260 e. The fraction of sp³-hybridized carbons (Fsp3) is 0.364. The number of carbonyl (C=O) groups excluding carboxylic acids is 1. The zero-order chi connectivity index (χ0) is 13.1. The lowest BCUT2D eigenvalue weighted by Crippen LogP contribution is -2.13. The third-order valence-corrected chi connectivity index (χ3v) is 2.30. The highest BCUT2D eigenvalue weighted by Crippen LogP contribution is 2.12. The molecule has 0 atom stereocenters. The van der Waals surface area contributed by atoms with Gasteiger partial charge in [-0.15, -0.1) is 0 Å². The molecule has 0 bridgehead atoms. The summed E-state index contributed by atoms with van der Waals surface area (Å²) in [6, 6.07) is 1.64. The Morgan fingerprint density at radius 2 is 2.39 bits per heavy atom. The maximum absolute atomic E-state index is 12.0. The van der Waals surface area contributed by atoms with E-state index < -0.39 is 0 Å². The van der Waals surface area contributed by atoms with E-state index in [1.807, 2.05) is 0 Å². The van der Waals surface area contributed by atoms with E-state index in [0.29, 0.717) is 22.8 Å². The molecule has 0 saturated heterocycles.